The van der Waals surface area contributed by atoms with Crippen LogP contribution in [0.3, 0.4) is 0 Å². The van der Waals surface area contributed by atoms with Gasteiger partial charge in [0.1, 0.15) is 6.61 Å². The first kappa shape index (κ1) is 7.31. The van der Waals surface area contributed by atoms with Crippen molar-refractivity contribution in [3.63, 3.8) is 0 Å². The number of rotatable bonds is 2. The Labute approximate surface area is 69.8 Å². The van der Waals surface area contributed by atoms with Crippen LogP contribution in [0.4, 0.5) is 0 Å². The monoisotopic (exact) mass is 164 g/mol. The molecule has 0 aliphatic heterocycles. The highest BCUT2D eigenvalue weighted by Gasteiger charge is 2.07. The molecule has 1 aromatic carbocycles. The Morgan fingerprint density at radius 1 is 1.33 bits per heavy atom. The van der Waals surface area contributed by atoms with Gasteiger partial charge in [0.25, 0.3) is 0 Å². The van der Waals surface area contributed by atoms with Crippen LogP contribution in [0.15, 0.2) is 35.0 Å². The SMILES string of the molecule is OCC[n+]1cc2ccccc2o1. The summed E-state index contributed by atoms with van der Waals surface area (Å²) in [5.41, 5.74) is 0.853. The minimum absolute atomic E-state index is 0.102. The predicted molar refractivity (Wildman–Crippen MR) is 43.5 cm³/mol. The summed E-state index contributed by atoms with van der Waals surface area (Å²) < 4.78 is 6.99. The van der Waals surface area contributed by atoms with Crippen LogP contribution in [0.5, 0.6) is 0 Å². The average Bonchev–Trinajstić information content (AvgIpc) is 2.47. The third-order valence-electron chi connectivity index (χ3n) is 1.74. The van der Waals surface area contributed by atoms with E-state index >= 15 is 0 Å². The van der Waals surface area contributed by atoms with Crippen molar-refractivity contribution in [3.8, 4) is 0 Å². The van der Waals surface area contributed by atoms with Crippen LogP contribution in [-0.4, -0.2) is 11.7 Å². The van der Waals surface area contributed by atoms with Gasteiger partial charge in [-0.25, -0.2) is 4.52 Å². The second-order valence-electron chi connectivity index (χ2n) is 2.62. The molecule has 1 aromatic heterocycles. The Morgan fingerprint density at radius 2 is 2.17 bits per heavy atom. The van der Waals surface area contributed by atoms with Crippen molar-refractivity contribution in [1.82, 2.24) is 0 Å². The lowest BCUT2D eigenvalue weighted by Crippen LogP contribution is -2.32. The molecular weight excluding hydrogens is 154 g/mol. The number of fused-ring (bicyclic) bond motifs is 1. The predicted octanol–water partition coefficient (Wildman–Crippen LogP) is 0.713. The number of nitrogens with zero attached hydrogens (tertiary/aromatic N) is 1. The van der Waals surface area contributed by atoms with Crippen molar-refractivity contribution in [2.24, 2.45) is 0 Å². The molecule has 62 valence electrons. The van der Waals surface area contributed by atoms with Gasteiger partial charge in [0.05, 0.1) is 5.39 Å². The van der Waals surface area contributed by atoms with Gasteiger partial charge in [-0.2, -0.15) is 0 Å². The number of hydrogen-bond donors (Lipinski definition) is 1. The number of hydrogen-bond acceptors (Lipinski definition) is 2. The normalized spacial score (nSPS) is 10.8. The fraction of sp³-hybridized carbons (Fsp3) is 0.222. The zero-order chi connectivity index (χ0) is 8.39. The summed E-state index contributed by atoms with van der Waals surface area (Å²) in [7, 11) is 0. The van der Waals surface area contributed by atoms with E-state index in [2.05, 4.69) is 0 Å². The Bertz CT molecular complexity index is 348. The summed E-state index contributed by atoms with van der Waals surface area (Å²) in [4.78, 5) is 0. The van der Waals surface area contributed by atoms with Crippen molar-refractivity contribution in [2.45, 2.75) is 6.54 Å². The molecule has 0 bridgehead atoms. The minimum Gasteiger partial charge on any atom is -0.390 e. The first-order valence-electron chi connectivity index (χ1n) is 3.89. The number of benzene rings is 1. The molecule has 0 radical (unpaired) electrons. The number of aliphatic hydroxyl groups excluding tert-OH is 1. The highest BCUT2D eigenvalue weighted by atomic mass is 16.5. The zero-order valence-electron chi connectivity index (χ0n) is 6.60. The smallest absolute Gasteiger partial charge is 0.227 e. The molecule has 0 amide bonds. The van der Waals surface area contributed by atoms with Crippen molar-refractivity contribution in [1.29, 1.82) is 0 Å². The Kier molecular flexibility index (Phi) is 1.80. The minimum atomic E-state index is 0.102. The molecule has 0 unspecified atom stereocenters. The summed E-state index contributed by atoms with van der Waals surface area (Å²) in [6, 6.07) is 7.77. The molecule has 0 spiro atoms. The van der Waals surface area contributed by atoms with Gasteiger partial charge in [-0.1, -0.05) is 12.1 Å². The molecule has 1 heterocycles. The van der Waals surface area contributed by atoms with Crippen LogP contribution >= 0.6 is 0 Å². The topological polar surface area (TPSA) is 37.2 Å². The molecule has 12 heavy (non-hydrogen) atoms. The quantitative estimate of drug-likeness (QED) is 0.664. The average molecular weight is 164 g/mol. The number of aromatic nitrogens is 1. The molecule has 0 aliphatic carbocycles. The third-order valence-corrected chi connectivity index (χ3v) is 1.74. The van der Waals surface area contributed by atoms with Gasteiger partial charge in [0.2, 0.25) is 18.3 Å². The fourth-order valence-electron chi connectivity index (χ4n) is 1.19. The lowest BCUT2D eigenvalue weighted by molar-refractivity contribution is -0.860. The maximum atomic E-state index is 8.66. The van der Waals surface area contributed by atoms with Crippen LogP contribution in [-0.2, 0) is 6.54 Å². The van der Waals surface area contributed by atoms with E-state index in [0.29, 0.717) is 6.54 Å². The molecule has 3 heteroatoms. The molecule has 0 atom stereocenters. The molecule has 0 saturated heterocycles. The van der Waals surface area contributed by atoms with E-state index in [1.807, 2.05) is 30.5 Å². The molecule has 2 rings (SSSR count). The summed E-state index contributed by atoms with van der Waals surface area (Å²) in [5, 5.41) is 9.73. The van der Waals surface area contributed by atoms with Crippen LogP contribution in [0.2, 0.25) is 0 Å². The largest absolute Gasteiger partial charge is 0.390 e. The second-order valence-corrected chi connectivity index (χ2v) is 2.62. The standard InChI is InChI=1S/C9H10NO2/c11-6-5-10-7-8-3-1-2-4-9(8)12-10/h1-4,7,11H,5-6H2/q+1. The van der Waals surface area contributed by atoms with E-state index in [9.17, 15) is 0 Å². The van der Waals surface area contributed by atoms with Gasteiger partial charge >= 0.3 is 0 Å². The molecule has 2 aromatic rings. The molecular formula is C9H10NO2+. The van der Waals surface area contributed by atoms with E-state index in [4.69, 9.17) is 9.63 Å². The maximum absolute atomic E-state index is 8.66. The highest BCUT2D eigenvalue weighted by molar-refractivity contribution is 5.74. The number of aliphatic hydroxyl groups is 1. The van der Waals surface area contributed by atoms with E-state index in [1.165, 1.54) is 0 Å². The molecule has 0 fully saturated rings. The fourth-order valence-corrected chi connectivity index (χ4v) is 1.19. The number of para-hydroxylation sites is 1. The van der Waals surface area contributed by atoms with Crippen LogP contribution in [0.25, 0.3) is 11.0 Å². The summed E-state index contributed by atoms with van der Waals surface area (Å²) in [6.45, 7) is 0.610. The van der Waals surface area contributed by atoms with E-state index in [1.54, 1.807) is 4.74 Å². The van der Waals surface area contributed by atoms with Gasteiger partial charge in [-0.15, -0.1) is 0 Å². The highest BCUT2D eigenvalue weighted by Crippen LogP contribution is 2.09. The van der Waals surface area contributed by atoms with E-state index in [-0.39, 0.29) is 6.61 Å². The lowest BCUT2D eigenvalue weighted by atomic mass is 10.3. The first-order chi connectivity index (χ1) is 5.90. The van der Waals surface area contributed by atoms with Gasteiger partial charge < -0.3 is 5.11 Å². The van der Waals surface area contributed by atoms with Gasteiger partial charge in [-0.05, 0) is 16.9 Å². The van der Waals surface area contributed by atoms with Crippen molar-refractivity contribution < 1.29 is 14.4 Å². The first-order valence-corrected chi connectivity index (χ1v) is 3.89. The van der Waals surface area contributed by atoms with Gasteiger partial charge in [0.15, 0.2) is 0 Å². The summed E-state index contributed by atoms with van der Waals surface area (Å²) in [5.74, 6) is 0. The van der Waals surface area contributed by atoms with Crippen molar-refractivity contribution in [2.75, 3.05) is 6.61 Å². The molecule has 3 nitrogen and oxygen atoms in total. The van der Waals surface area contributed by atoms with Crippen LogP contribution in [0.1, 0.15) is 0 Å². The summed E-state index contributed by atoms with van der Waals surface area (Å²) in [6.07, 6.45) is 1.88. The molecule has 0 saturated carbocycles. The Hall–Kier alpha value is -1.35. The van der Waals surface area contributed by atoms with Crippen molar-refractivity contribution in [3.05, 3.63) is 30.5 Å². The third kappa shape index (κ3) is 1.19. The van der Waals surface area contributed by atoms with Crippen LogP contribution < -0.4 is 4.74 Å². The Balaban J connectivity index is 2.47. The van der Waals surface area contributed by atoms with Gasteiger partial charge in [0, 0.05) is 0 Å². The van der Waals surface area contributed by atoms with Gasteiger partial charge in [-0.3, -0.25) is 0 Å². The second kappa shape index (κ2) is 2.95. The van der Waals surface area contributed by atoms with E-state index < -0.39 is 0 Å². The van der Waals surface area contributed by atoms with E-state index in [0.717, 1.165) is 11.0 Å². The maximum Gasteiger partial charge on any atom is 0.227 e. The van der Waals surface area contributed by atoms with Crippen molar-refractivity contribution >= 4 is 11.0 Å². The Morgan fingerprint density at radius 3 is 2.92 bits per heavy atom. The molecule has 0 aliphatic rings. The molecule has 1 N–H and O–H groups in total. The lowest BCUT2D eigenvalue weighted by Gasteiger charge is -1.80. The summed E-state index contributed by atoms with van der Waals surface area (Å²) >= 11 is 0. The van der Waals surface area contributed by atoms with Crippen LogP contribution in [0, 0.1) is 0 Å². The zero-order valence-corrected chi connectivity index (χ0v) is 6.60.